The van der Waals surface area contributed by atoms with Gasteiger partial charge in [-0.05, 0) is 36.5 Å². The van der Waals surface area contributed by atoms with Crippen molar-refractivity contribution in [3.8, 4) is 0 Å². The number of carbonyl (C=O) groups excluding carboxylic acids is 1. The molecule has 0 spiro atoms. The lowest BCUT2D eigenvalue weighted by molar-refractivity contribution is 0.100. The van der Waals surface area contributed by atoms with Crippen LogP contribution in [0.15, 0.2) is 22.0 Å². The molecule has 6 nitrogen and oxygen atoms in total. The molecule has 1 amide bonds. The van der Waals surface area contributed by atoms with E-state index in [1.165, 1.54) is 0 Å². The molecule has 1 aromatic rings. The third-order valence-corrected chi connectivity index (χ3v) is 4.69. The highest BCUT2D eigenvalue weighted by Crippen LogP contribution is 2.31. The Bertz CT molecular complexity index is 690. The molecular formula is C14H21N3O3S. The van der Waals surface area contributed by atoms with Crippen LogP contribution < -0.4 is 11.5 Å². The van der Waals surface area contributed by atoms with Crippen molar-refractivity contribution in [1.29, 1.82) is 0 Å². The number of rotatable bonds is 4. The molecule has 0 aromatic heterocycles. The third kappa shape index (κ3) is 3.81. The summed E-state index contributed by atoms with van der Waals surface area (Å²) in [5.74, 6) is -0.930. The molecule has 1 atom stereocenters. The van der Waals surface area contributed by atoms with Gasteiger partial charge in [0.15, 0.2) is 15.8 Å². The Morgan fingerprint density at radius 1 is 1.33 bits per heavy atom. The van der Waals surface area contributed by atoms with Crippen LogP contribution in [0.25, 0.3) is 0 Å². The molecular weight excluding hydrogens is 290 g/mol. The van der Waals surface area contributed by atoms with E-state index < -0.39 is 15.7 Å². The van der Waals surface area contributed by atoms with Crippen molar-refractivity contribution in [3.05, 3.63) is 28.8 Å². The molecule has 0 fully saturated rings. The number of carbonyl (C=O) groups is 1. The molecule has 7 heteroatoms. The van der Waals surface area contributed by atoms with Gasteiger partial charge in [-0.3, -0.25) is 4.79 Å². The zero-order valence-electron chi connectivity index (χ0n) is 12.7. The molecule has 0 saturated heterocycles. The lowest BCUT2D eigenvalue weighted by atomic mass is 9.94. The number of aliphatic imine (C=N–C) groups is 1. The lowest BCUT2D eigenvalue weighted by Gasteiger charge is -2.17. The van der Waals surface area contributed by atoms with Crippen molar-refractivity contribution in [2.24, 2.45) is 16.5 Å². The predicted molar refractivity (Wildman–Crippen MR) is 83.1 cm³/mol. The van der Waals surface area contributed by atoms with E-state index in [9.17, 15) is 13.2 Å². The summed E-state index contributed by atoms with van der Waals surface area (Å²) in [7, 11) is -3.47. The molecule has 0 aliphatic heterocycles. The van der Waals surface area contributed by atoms with Gasteiger partial charge < -0.3 is 11.5 Å². The van der Waals surface area contributed by atoms with E-state index in [0.29, 0.717) is 11.1 Å². The monoisotopic (exact) mass is 311 g/mol. The van der Waals surface area contributed by atoms with E-state index in [-0.39, 0.29) is 22.3 Å². The molecule has 0 aliphatic rings. The SMILES string of the molecule is CCC(C)c1ccc(C(=O)N=C(N)N)c(C)c1S(C)(=O)=O. The number of hydrogen-bond donors (Lipinski definition) is 2. The first-order valence-electron chi connectivity index (χ1n) is 6.57. The summed E-state index contributed by atoms with van der Waals surface area (Å²) in [6.45, 7) is 5.52. The molecule has 0 aliphatic carbocycles. The van der Waals surface area contributed by atoms with Crippen LogP contribution in [0, 0.1) is 6.92 Å². The van der Waals surface area contributed by atoms with Crippen molar-refractivity contribution in [1.82, 2.24) is 0 Å². The second-order valence-electron chi connectivity index (χ2n) is 5.08. The highest BCUT2D eigenvalue weighted by Gasteiger charge is 2.23. The van der Waals surface area contributed by atoms with Gasteiger partial charge in [0.25, 0.3) is 5.91 Å². The molecule has 116 valence electrons. The van der Waals surface area contributed by atoms with Gasteiger partial charge in [0.2, 0.25) is 0 Å². The highest BCUT2D eigenvalue weighted by atomic mass is 32.2. The minimum atomic E-state index is -3.47. The van der Waals surface area contributed by atoms with Crippen LogP contribution in [0.4, 0.5) is 0 Å². The van der Waals surface area contributed by atoms with Gasteiger partial charge in [0.05, 0.1) is 4.90 Å². The molecule has 1 rings (SSSR count). The summed E-state index contributed by atoms with van der Waals surface area (Å²) in [5.41, 5.74) is 11.7. The van der Waals surface area contributed by atoms with Gasteiger partial charge in [-0.15, -0.1) is 0 Å². The van der Waals surface area contributed by atoms with Gasteiger partial charge >= 0.3 is 0 Å². The number of nitrogens with two attached hydrogens (primary N) is 2. The Labute approximate surface area is 125 Å². The minimum Gasteiger partial charge on any atom is -0.370 e. The summed E-state index contributed by atoms with van der Waals surface area (Å²) in [6.07, 6.45) is 1.93. The number of hydrogen-bond acceptors (Lipinski definition) is 3. The fraction of sp³-hybridized carbons (Fsp3) is 0.429. The van der Waals surface area contributed by atoms with Crippen molar-refractivity contribution in [2.75, 3.05) is 6.26 Å². The van der Waals surface area contributed by atoms with Gasteiger partial charge in [0.1, 0.15) is 0 Å². The van der Waals surface area contributed by atoms with Crippen LogP contribution >= 0.6 is 0 Å². The quantitative estimate of drug-likeness (QED) is 0.642. The average molecular weight is 311 g/mol. The van der Waals surface area contributed by atoms with E-state index in [1.807, 2.05) is 13.8 Å². The fourth-order valence-corrected chi connectivity index (χ4v) is 3.59. The van der Waals surface area contributed by atoms with E-state index in [2.05, 4.69) is 4.99 Å². The van der Waals surface area contributed by atoms with Crippen molar-refractivity contribution in [2.45, 2.75) is 38.0 Å². The zero-order valence-corrected chi connectivity index (χ0v) is 13.5. The Morgan fingerprint density at radius 3 is 2.33 bits per heavy atom. The molecule has 1 unspecified atom stereocenters. The van der Waals surface area contributed by atoms with Gasteiger partial charge in [-0.25, -0.2) is 8.42 Å². The summed E-state index contributed by atoms with van der Waals surface area (Å²) in [4.78, 5) is 15.6. The van der Waals surface area contributed by atoms with E-state index in [0.717, 1.165) is 12.7 Å². The Hall–Kier alpha value is -1.89. The van der Waals surface area contributed by atoms with Gasteiger partial charge in [-0.1, -0.05) is 19.9 Å². The molecule has 1 aromatic carbocycles. The topological polar surface area (TPSA) is 116 Å². The molecule has 0 bridgehead atoms. The first-order valence-corrected chi connectivity index (χ1v) is 8.46. The molecule has 4 N–H and O–H groups in total. The van der Waals surface area contributed by atoms with Crippen LogP contribution in [0.2, 0.25) is 0 Å². The number of amides is 1. The summed E-state index contributed by atoms with van der Waals surface area (Å²) in [6, 6.07) is 3.23. The van der Waals surface area contributed by atoms with Crippen LogP contribution in [-0.4, -0.2) is 26.5 Å². The normalized spacial score (nSPS) is 12.8. The Balaban J connectivity index is 3.63. The number of guanidine groups is 1. The molecule has 0 heterocycles. The minimum absolute atomic E-state index is 0.0701. The highest BCUT2D eigenvalue weighted by molar-refractivity contribution is 7.90. The van der Waals surface area contributed by atoms with Crippen LogP contribution in [-0.2, 0) is 9.84 Å². The van der Waals surface area contributed by atoms with Crippen LogP contribution in [0.3, 0.4) is 0 Å². The zero-order chi connectivity index (χ0) is 16.4. The smallest absolute Gasteiger partial charge is 0.280 e. The second-order valence-corrected chi connectivity index (χ2v) is 7.03. The Morgan fingerprint density at radius 2 is 1.90 bits per heavy atom. The summed E-state index contributed by atoms with van der Waals surface area (Å²) >= 11 is 0. The standard InChI is InChI=1S/C14H21N3O3S/c1-5-8(2)10-6-7-11(13(18)17-14(15)16)9(3)12(10)21(4,19)20/h6-8H,5H2,1-4H3,(H4,15,16,17,18). The lowest BCUT2D eigenvalue weighted by Crippen LogP contribution is -2.24. The van der Waals surface area contributed by atoms with Crippen molar-refractivity contribution < 1.29 is 13.2 Å². The van der Waals surface area contributed by atoms with Crippen LogP contribution in [0.1, 0.15) is 47.7 Å². The molecule has 0 radical (unpaired) electrons. The van der Waals surface area contributed by atoms with Crippen molar-refractivity contribution >= 4 is 21.7 Å². The molecule has 21 heavy (non-hydrogen) atoms. The van der Waals surface area contributed by atoms with E-state index >= 15 is 0 Å². The first-order chi connectivity index (χ1) is 9.59. The maximum atomic E-state index is 12.1. The largest absolute Gasteiger partial charge is 0.370 e. The Kier molecular flexibility index (Phi) is 5.11. The van der Waals surface area contributed by atoms with E-state index in [4.69, 9.17) is 11.5 Å². The van der Waals surface area contributed by atoms with Gasteiger partial charge in [0, 0.05) is 11.8 Å². The maximum Gasteiger partial charge on any atom is 0.280 e. The number of sulfone groups is 1. The molecule has 0 saturated carbocycles. The summed E-state index contributed by atoms with van der Waals surface area (Å²) < 4.78 is 24.2. The second kappa shape index (κ2) is 6.26. The summed E-state index contributed by atoms with van der Waals surface area (Å²) in [5, 5.41) is 0. The third-order valence-electron chi connectivity index (χ3n) is 3.41. The predicted octanol–water partition coefficient (Wildman–Crippen LogP) is 1.33. The van der Waals surface area contributed by atoms with Crippen LogP contribution in [0.5, 0.6) is 0 Å². The van der Waals surface area contributed by atoms with Crippen molar-refractivity contribution in [3.63, 3.8) is 0 Å². The maximum absolute atomic E-state index is 12.1. The average Bonchev–Trinajstić information content (AvgIpc) is 2.34. The number of benzene rings is 1. The van der Waals surface area contributed by atoms with Gasteiger partial charge in [-0.2, -0.15) is 4.99 Å². The first kappa shape index (κ1) is 17.2. The number of nitrogens with zero attached hydrogens (tertiary/aromatic N) is 1. The van der Waals surface area contributed by atoms with E-state index in [1.54, 1.807) is 19.1 Å². The fourth-order valence-electron chi connectivity index (χ4n) is 2.22.